The van der Waals surface area contributed by atoms with E-state index in [1.165, 1.54) is 12.8 Å². The Morgan fingerprint density at radius 1 is 1.50 bits per heavy atom. The van der Waals surface area contributed by atoms with Crippen LogP contribution in [0, 0.1) is 0 Å². The number of nitrogens with one attached hydrogen (secondary N) is 1. The van der Waals surface area contributed by atoms with Crippen molar-refractivity contribution >= 4 is 6.41 Å². The molecule has 0 bridgehead atoms. The van der Waals surface area contributed by atoms with Crippen LogP contribution in [0.25, 0.3) is 0 Å². The van der Waals surface area contributed by atoms with E-state index in [0.29, 0.717) is 0 Å². The van der Waals surface area contributed by atoms with Crippen LogP contribution in [0.3, 0.4) is 0 Å². The molecule has 2 nitrogen and oxygen atoms in total. The second-order valence-electron chi connectivity index (χ2n) is 3.25. The van der Waals surface area contributed by atoms with Crippen molar-refractivity contribution in [3.8, 4) is 0 Å². The Labute approximate surface area is 63.0 Å². The van der Waals surface area contributed by atoms with Gasteiger partial charge in [0.25, 0.3) is 0 Å². The number of rotatable bonds is 5. The molecule has 0 radical (unpaired) electrons. The molecule has 0 saturated carbocycles. The zero-order valence-electron chi connectivity index (χ0n) is 7.11. The molecule has 0 aliphatic heterocycles. The molecular weight excluding hydrogens is 126 g/mol. The van der Waals surface area contributed by atoms with Crippen LogP contribution in [0.1, 0.15) is 40.0 Å². The minimum Gasteiger partial charge on any atom is -0.354 e. The molecule has 0 aliphatic rings. The number of hydrogen-bond acceptors (Lipinski definition) is 1. The Hall–Kier alpha value is -0.530. The predicted octanol–water partition coefficient (Wildman–Crippen LogP) is 1.70. The van der Waals surface area contributed by atoms with E-state index in [0.717, 1.165) is 12.8 Å². The number of carbonyl (C=O) groups is 1. The van der Waals surface area contributed by atoms with Crippen molar-refractivity contribution in [3.63, 3.8) is 0 Å². The second-order valence-corrected chi connectivity index (χ2v) is 3.25. The van der Waals surface area contributed by atoms with Crippen LogP contribution in [0.2, 0.25) is 0 Å². The Morgan fingerprint density at radius 2 is 2.10 bits per heavy atom. The van der Waals surface area contributed by atoms with E-state index >= 15 is 0 Å². The highest BCUT2D eigenvalue weighted by Gasteiger charge is 2.13. The van der Waals surface area contributed by atoms with E-state index < -0.39 is 0 Å². The van der Waals surface area contributed by atoms with Crippen molar-refractivity contribution < 1.29 is 4.79 Å². The molecule has 2 heteroatoms. The standard InChI is InChI=1S/C8H17NO/c1-4-5-6-8(2,3)9-7-10/h7H,4-6H2,1-3H3,(H,9,10). The van der Waals surface area contributed by atoms with Crippen LogP contribution >= 0.6 is 0 Å². The molecule has 0 aliphatic carbocycles. The van der Waals surface area contributed by atoms with Gasteiger partial charge in [0.1, 0.15) is 0 Å². The van der Waals surface area contributed by atoms with Gasteiger partial charge < -0.3 is 5.32 Å². The number of hydrogen-bond donors (Lipinski definition) is 1. The molecule has 0 aromatic rings. The normalized spacial score (nSPS) is 11.1. The summed E-state index contributed by atoms with van der Waals surface area (Å²) in [5.74, 6) is 0. The average molecular weight is 143 g/mol. The predicted molar refractivity (Wildman–Crippen MR) is 42.8 cm³/mol. The summed E-state index contributed by atoms with van der Waals surface area (Å²) < 4.78 is 0. The molecule has 1 amide bonds. The summed E-state index contributed by atoms with van der Waals surface area (Å²) in [7, 11) is 0. The first-order valence-electron chi connectivity index (χ1n) is 3.84. The van der Waals surface area contributed by atoms with Crippen LogP contribution in [-0.2, 0) is 4.79 Å². The van der Waals surface area contributed by atoms with Gasteiger partial charge in [-0.25, -0.2) is 0 Å². The molecule has 0 saturated heterocycles. The first-order valence-corrected chi connectivity index (χ1v) is 3.84. The van der Waals surface area contributed by atoms with Gasteiger partial charge >= 0.3 is 0 Å². The molecule has 0 rings (SSSR count). The quantitative estimate of drug-likeness (QED) is 0.583. The summed E-state index contributed by atoms with van der Waals surface area (Å²) in [6, 6.07) is 0. The average Bonchev–Trinajstić information content (AvgIpc) is 1.84. The molecule has 0 heterocycles. The first kappa shape index (κ1) is 9.47. The third kappa shape index (κ3) is 4.36. The van der Waals surface area contributed by atoms with Crippen LogP contribution in [-0.4, -0.2) is 11.9 Å². The molecule has 0 atom stereocenters. The van der Waals surface area contributed by atoms with Crippen LogP contribution in [0.4, 0.5) is 0 Å². The lowest BCUT2D eigenvalue weighted by molar-refractivity contribution is -0.111. The summed E-state index contributed by atoms with van der Waals surface area (Å²) in [4.78, 5) is 10.1. The van der Waals surface area contributed by atoms with Gasteiger partial charge in [0.2, 0.25) is 6.41 Å². The Bertz CT molecular complexity index is 99.4. The molecule has 0 aromatic carbocycles. The van der Waals surface area contributed by atoms with Crippen LogP contribution in [0.15, 0.2) is 0 Å². The zero-order chi connectivity index (χ0) is 8.04. The lowest BCUT2D eigenvalue weighted by Crippen LogP contribution is -2.37. The highest BCUT2D eigenvalue weighted by Crippen LogP contribution is 2.11. The van der Waals surface area contributed by atoms with E-state index in [1.807, 2.05) is 13.8 Å². The fourth-order valence-electron chi connectivity index (χ4n) is 0.850. The Balaban J connectivity index is 3.51. The third-order valence-electron chi connectivity index (χ3n) is 1.60. The maximum absolute atomic E-state index is 10.1. The molecule has 0 spiro atoms. The summed E-state index contributed by atoms with van der Waals surface area (Å²) in [6.45, 7) is 6.23. The molecular formula is C8H17NO. The van der Waals surface area contributed by atoms with Crippen molar-refractivity contribution in [3.05, 3.63) is 0 Å². The third-order valence-corrected chi connectivity index (χ3v) is 1.60. The first-order chi connectivity index (χ1) is 4.62. The topological polar surface area (TPSA) is 29.1 Å². The zero-order valence-corrected chi connectivity index (χ0v) is 7.11. The van der Waals surface area contributed by atoms with Crippen molar-refractivity contribution in [2.45, 2.75) is 45.6 Å². The van der Waals surface area contributed by atoms with Crippen LogP contribution in [0.5, 0.6) is 0 Å². The smallest absolute Gasteiger partial charge is 0.207 e. The van der Waals surface area contributed by atoms with Crippen molar-refractivity contribution in [2.75, 3.05) is 0 Å². The van der Waals surface area contributed by atoms with Gasteiger partial charge in [0.15, 0.2) is 0 Å². The fraction of sp³-hybridized carbons (Fsp3) is 0.875. The van der Waals surface area contributed by atoms with Gasteiger partial charge in [-0.3, -0.25) is 4.79 Å². The maximum Gasteiger partial charge on any atom is 0.207 e. The van der Waals surface area contributed by atoms with Crippen molar-refractivity contribution in [1.82, 2.24) is 5.32 Å². The molecule has 10 heavy (non-hydrogen) atoms. The van der Waals surface area contributed by atoms with Gasteiger partial charge in [-0.1, -0.05) is 19.8 Å². The summed E-state index contributed by atoms with van der Waals surface area (Å²) in [5.41, 5.74) is -0.0161. The highest BCUT2D eigenvalue weighted by molar-refractivity contribution is 5.47. The largest absolute Gasteiger partial charge is 0.354 e. The monoisotopic (exact) mass is 143 g/mol. The Morgan fingerprint density at radius 3 is 2.50 bits per heavy atom. The minimum atomic E-state index is -0.0161. The lowest BCUT2D eigenvalue weighted by Gasteiger charge is -2.23. The van der Waals surface area contributed by atoms with Gasteiger partial charge in [-0.2, -0.15) is 0 Å². The maximum atomic E-state index is 10.1. The van der Waals surface area contributed by atoms with E-state index in [4.69, 9.17) is 0 Å². The second kappa shape index (κ2) is 4.31. The number of amides is 1. The van der Waals surface area contributed by atoms with Gasteiger partial charge in [-0.15, -0.1) is 0 Å². The van der Waals surface area contributed by atoms with Crippen molar-refractivity contribution in [2.24, 2.45) is 0 Å². The minimum absolute atomic E-state index is 0.0161. The number of carbonyl (C=O) groups excluding carboxylic acids is 1. The summed E-state index contributed by atoms with van der Waals surface area (Å²) in [5, 5.41) is 2.78. The molecule has 0 unspecified atom stereocenters. The fourth-order valence-corrected chi connectivity index (χ4v) is 0.850. The van der Waals surface area contributed by atoms with E-state index in [9.17, 15) is 4.79 Å². The van der Waals surface area contributed by atoms with E-state index in [1.54, 1.807) is 0 Å². The van der Waals surface area contributed by atoms with Gasteiger partial charge in [0.05, 0.1) is 0 Å². The lowest BCUT2D eigenvalue weighted by atomic mass is 9.98. The Kier molecular flexibility index (Phi) is 4.08. The van der Waals surface area contributed by atoms with E-state index in [-0.39, 0.29) is 5.54 Å². The number of unbranched alkanes of at least 4 members (excludes halogenated alkanes) is 1. The molecule has 1 N–H and O–H groups in total. The molecule has 60 valence electrons. The highest BCUT2D eigenvalue weighted by atomic mass is 16.1. The molecule has 0 fully saturated rings. The van der Waals surface area contributed by atoms with Crippen molar-refractivity contribution in [1.29, 1.82) is 0 Å². The van der Waals surface area contributed by atoms with Gasteiger partial charge in [-0.05, 0) is 20.3 Å². The summed E-state index contributed by atoms with van der Waals surface area (Å²) in [6.07, 6.45) is 4.19. The summed E-state index contributed by atoms with van der Waals surface area (Å²) >= 11 is 0. The SMILES string of the molecule is CCCCC(C)(C)NC=O. The van der Waals surface area contributed by atoms with Gasteiger partial charge in [0, 0.05) is 5.54 Å². The van der Waals surface area contributed by atoms with Crippen LogP contribution < -0.4 is 5.32 Å². The van der Waals surface area contributed by atoms with E-state index in [2.05, 4.69) is 12.2 Å². The molecule has 0 aromatic heterocycles.